The van der Waals surface area contributed by atoms with E-state index < -0.39 is 17.6 Å². The SMILES string of the molecule is FC(F)(F)c1cccnc1Oc1cccc(C=C2CCNCC2)c1. The normalized spacial score (nSPS) is 15.2. The van der Waals surface area contributed by atoms with Crippen LogP contribution in [0.2, 0.25) is 0 Å². The quantitative estimate of drug-likeness (QED) is 0.886. The summed E-state index contributed by atoms with van der Waals surface area (Å²) in [7, 11) is 0. The van der Waals surface area contributed by atoms with Gasteiger partial charge in [-0.25, -0.2) is 4.98 Å². The molecule has 2 heterocycles. The van der Waals surface area contributed by atoms with E-state index in [1.165, 1.54) is 17.8 Å². The van der Waals surface area contributed by atoms with Gasteiger partial charge in [-0.3, -0.25) is 0 Å². The Hall–Kier alpha value is -2.34. The number of alkyl halides is 3. The van der Waals surface area contributed by atoms with Gasteiger partial charge in [0.1, 0.15) is 11.3 Å². The number of piperidine rings is 1. The van der Waals surface area contributed by atoms with E-state index in [1.807, 2.05) is 6.07 Å². The summed E-state index contributed by atoms with van der Waals surface area (Å²) < 4.78 is 44.4. The molecule has 0 aliphatic carbocycles. The Kier molecular flexibility index (Phi) is 4.85. The van der Waals surface area contributed by atoms with Crippen LogP contribution in [0.25, 0.3) is 6.08 Å². The molecule has 0 amide bonds. The van der Waals surface area contributed by atoms with E-state index in [9.17, 15) is 13.2 Å². The van der Waals surface area contributed by atoms with Crippen molar-refractivity contribution in [1.29, 1.82) is 0 Å². The molecular weight excluding hydrogens is 317 g/mol. The molecule has 2 aromatic rings. The second-order valence-electron chi connectivity index (χ2n) is 5.58. The first-order chi connectivity index (χ1) is 11.5. The molecule has 1 aromatic carbocycles. The maximum absolute atomic E-state index is 13.0. The molecule has 0 atom stereocenters. The number of aromatic nitrogens is 1. The van der Waals surface area contributed by atoms with Gasteiger partial charge in [0.15, 0.2) is 0 Å². The average Bonchev–Trinajstić information content (AvgIpc) is 2.56. The molecule has 6 heteroatoms. The van der Waals surface area contributed by atoms with Gasteiger partial charge in [-0.2, -0.15) is 13.2 Å². The molecule has 1 aromatic heterocycles. The Morgan fingerprint density at radius 3 is 2.62 bits per heavy atom. The molecule has 1 N–H and O–H groups in total. The molecule has 0 saturated carbocycles. The minimum Gasteiger partial charge on any atom is -0.438 e. The third-order valence-electron chi connectivity index (χ3n) is 3.77. The fraction of sp³-hybridized carbons (Fsp3) is 0.278. The molecule has 0 bridgehead atoms. The summed E-state index contributed by atoms with van der Waals surface area (Å²) in [6.45, 7) is 1.90. The molecule has 3 rings (SSSR count). The number of nitrogens with zero attached hydrogens (tertiary/aromatic N) is 1. The van der Waals surface area contributed by atoms with E-state index >= 15 is 0 Å². The van der Waals surface area contributed by atoms with E-state index in [0.29, 0.717) is 5.75 Å². The van der Waals surface area contributed by atoms with Crippen molar-refractivity contribution in [1.82, 2.24) is 10.3 Å². The highest BCUT2D eigenvalue weighted by atomic mass is 19.4. The minimum absolute atomic E-state index is 0.336. The van der Waals surface area contributed by atoms with Crippen molar-refractivity contribution in [3.05, 3.63) is 59.3 Å². The predicted octanol–water partition coefficient (Wildman–Crippen LogP) is 4.66. The van der Waals surface area contributed by atoms with Gasteiger partial charge in [-0.05, 0) is 55.8 Å². The van der Waals surface area contributed by atoms with Crippen LogP contribution in [0.4, 0.5) is 13.2 Å². The summed E-state index contributed by atoms with van der Waals surface area (Å²) in [5.74, 6) is -0.0980. The molecule has 126 valence electrons. The van der Waals surface area contributed by atoms with Crippen LogP contribution in [0.15, 0.2) is 48.2 Å². The Morgan fingerprint density at radius 1 is 1.08 bits per heavy atom. The lowest BCUT2D eigenvalue weighted by Gasteiger charge is -2.15. The number of halogens is 3. The number of hydrogen-bond donors (Lipinski definition) is 1. The number of nitrogens with one attached hydrogen (secondary N) is 1. The molecule has 3 nitrogen and oxygen atoms in total. The van der Waals surface area contributed by atoms with Gasteiger partial charge in [0.25, 0.3) is 0 Å². The first-order valence-corrected chi connectivity index (χ1v) is 7.73. The third kappa shape index (κ3) is 4.14. The lowest BCUT2D eigenvalue weighted by molar-refractivity contribution is -0.138. The highest BCUT2D eigenvalue weighted by molar-refractivity contribution is 5.55. The molecule has 1 saturated heterocycles. The zero-order chi connectivity index (χ0) is 17.0. The highest BCUT2D eigenvalue weighted by Crippen LogP contribution is 2.36. The summed E-state index contributed by atoms with van der Waals surface area (Å²) >= 11 is 0. The van der Waals surface area contributed by atoms with Crippen molar-refractivity contribution >= 4 is 6.08 Å². The summed E-state index contributed by atoms with van der Waals surface area (Å²) in [4.78, 5) is 3.72. The molecule has 0 unspecified atom stereocenters. The summed E-state index contributed by atoms with van der Waals surface area (Å²) in [6, 6.07) is 9.23. The first-order valence-electron chi connectivity index (χ1n) is 7.73. The van der Waals surface area contributed by atoms with Crippen LogP contribution in [0.1, 0.15) is 24.0 Å². The number of ether oxygens (including phenoxy) is 1. The summed E-state index contributed by atoms with van der Waals surface area (Å²) in [5, 5.41) is 3.28. The van der Waals surface area contributed by atoms with Crippen LogP contribution in [0, 0.1) is 0 Å². The summed E-state index contributed by atoms with van der Waals surface area (Å²) in [6.07, 6.45) is 0.799. The van der Waals surface area contributed by atoms with Gasteiger partial charge < -0.3 is 10.1 Å². The third-order valence-corrected chi connectivity index (χ3v) is 3.77. The van der Waals surface area contributed by atoms with E-state index in [-0.39, 0.29) is 0 Å². The molecule has 24 heavy (non-hydrogen) atoms. The van der Waals surface area contributed by atoms with Crippen LogP contribution < -0.4 is 10.1 Å². The lowest BCUT2D eigenvalue weighted by Crippen LogP contribution is -2.22. The largest absolute Gasteiger partial charge is 0.438 e. The predicted molar refractivity (Wildman–Crippen MR) is 85.8 cm³/mol. The second-order valence-corrected chi connectivity index (χ2v) is 5.58. The smallest absolute Gasteiger partial charge is 0.421 e. The van der Waals surface area contributed by atoms with Gasteiger partial charge in [0, 0.05) is 6.20 Å². The fourth-order valence-electron chi connectivity index (χ4n) is 2.60. The molecular formula is C18H17F3N2O. The van der Waals surface area contributed by atoms with Crippen molar-refractivity contribution in [2.75, 3.05) is 13.1 Å². The fourth-order valence-corrected chi connectivity index (χ4v) is 2.60. The maximum Gasteiger partial charge on any atom is 0.421 e. The van der Waals surface area contributed by atoms with Crippen molar-refractivity contribution in [2.45, 2.75) is 19.0 Å². The van der Waals surface area contributed by atoms with E-state index in [0.717, 1.165) is 37.6 Å². The van der Waals surface area contributed by atoms with Crippen LogP contribution in [0.3, 0.4) is 0 Å². The van der Waals surface area contributed by atoms with Crippen molar-refractivity contribution in [3.63, 3.8) is 0 Å². The number of hydrogen-bond acceptors (Lipinski definition) is 3. The monoisotopic (exact) mass is 334 g/mol. The highest BCUT2D eigenvalue weighted by Gasteiger charge is 2.35. The van der Waals surface area contributed by atoms with Gasteiger partial charge in [0.05, 0.1) is 0 Å². The van der Waals surface area contributed by atoms with Crippen LogP contribution in [0.5, 0.6) is 11.6 Å². The molecule has 0 radical (unpaired) electrons. The maximum atomic E-state index is 13.0. The van der Waals surface area contributed by atoms with Gasteiger partial charge >= 0.3 is 6.18 Å². The van der Waals surface area contributed by atoms with E-state index in [4.69, 9.17) is 4.74 Å². The van der Waals surface area contributed by atoms with Crippen LogP contribution in [-0.4, -0.2) is 18.1 Å². The number of rotatable bonds is 3. The Morgan fingerprint density at radius 2 is 1.88 bits per heavy atom. The zero-order valence-electron chi connectivity index (χ0n) is 12.9. The Labute approximate surface area is 138 Å². The number of benzene rings is 1. The van der Waals surface area contributed by atoms with Gasteiger partial charge in [-0.15, -0.1) is 0 Å². The van der Waals surface area contributed by atoms with Crippen molar-refractivity contribution in [2.24, 2.45) is 0 Å². The molecule has 1 fully saturated rings. The minimum atomic E-state index is -4.50. The Bertz CT molecular complexity index is 733. The van der Waals surface area contributed by atoms with Crippen LogP contribution >= 0.6 is 0 Å². The zero-order valence-corrected chi connectivity index (χ0v) is 12.9. The van der Waals surface area contributed by atoms with E-state index in [1.54, 1.807) is 18.2 Å². The van der Waals surface area contributed by atoms with Crippen molar-refractivity contribution in [3.8, 4) is 11.6 Å². The standard InChI is InChI=1S/C18H17F3N2O/c19-18(20,21)16-5-2-8-23-17(16)24-15-4-1-3-14(12-15)11-13-6-9-22-10-7-13/h1-5,8,11-12,22H,6-7,9-10H2. The van der Waals surface area contributed by atoms with E-state index in [2.05, 4.69) is 16.4 Å². The lowest BCUT2D eigenvalue weighted by atomic mass is 10.0. The second kappa shape index (κ2) is 7.05. The summed E-state index contributed by atoms with van der Waals surface area (Å²) in [5.41, 5.74) is 1.35. The van der Waals surface area contributed by atoms with Gasteiger partial charge in [-0.1, -0.05) is 23.8 Å². The van der Waals surface area contributed by atoms with Crippen LogP contribution in [-0.2, 0) is 6.18 Å². The molecule has 1 aliphatic rings. The van der Waals surface area contributed by atoms with Gasteiger partial charge in [0.2, 0.25) is 5.88 Å². The number of pyridine rings is 1. The first kappa shape index (κ1) is 16.5. The average molecular weight is 334 g/mol. The van der Waals surface area contributed by atoms with Crippen molar-refractivity contribution < 1.29 is 17.9 Å². The topological polar surface area (TPSA) is 34.1 Å². The molecule has 1 aliphatic heterocycles. The Balaban J connectivity index is 1.83. The molecule has 0 spiro atoms.